The van der Waals surface area contributed by atoms with Crippen LogP contribution in [0.1, 0.15) is 31.7 Å². The highest BCUT2D eigenvalue weighted by Crippen LogP contribution is 2.42. The standard InChI is InChI=1S/C24H32N4O5/c1-16(29)25-9-7-18(8-10-25)26-14-24(15-26)23(32)27(12-17-3-5-20(33-2)6-4-17)22(31)21-11-19(30)13-28(21)24/h3-6,18-19,21,30H,7-15H2,1-2H3. The molecule has 33 heavy (non-hydrogen) atoms. The number of methoxy groups -OCH3 is 1. The van der Waals surface area contributed by atoms with Crippen LogP contribution in [0.3, 0.4) is 0 Å². The normalized spacial score (nSPS) is 28.2. The third kappa shape index (κ3) is 3.72. The van der Waals surface area contributed by atoms with Crippen LogP contribution in [0.25, 0.3) is 0 Å². The number of ether oxygens (including phenoxy) is 1. The largest absolute Gasteiger partial charge is 0.497 e. The number of piperazine rings is 1. The van der Waals surface area contributed by atoms with Crippen LogP contribution < -0.4 is 4.74 Å². The first-order valence-corrected chi connectivity index (χ1v) is 11.8. The van der Waals surface area contributed by atoms with Gasteiger partial charge < -0.3 is 14.7 Å². The minimum Gasteiger partial charge on any atom is -0.497 e. The van der Waals surface area contributed by atoms with Crippen molar-refractivity contribution in [2.45, 2.75) is 56.5 Å². The zero-order valence-electron chi connectivity index (χ0n) is 19.3. The molecule has 1 aromatic rings. The summed E-state index contributed by atoms with van der Waals surface area (Å²) in [5, 5.41) is 10.4. The number of benzene rings is 1. The number of fused-ring (bicyclic) bond motifs is 2. The highest BCUT2D eigenvalue weighted by Gasteiger charge is 2.64. The first-order chi connectivity index (χ1) is 15.8. The number of amides is 3. The van der Waals surface area contributed by atoms with Crippen LogP contribution in [-0.4, -0.2) is 106 Å². The summed E-state index contributed by atoms with van der Waals surface area (Å²) in [4.78, 5) is 46.2. The van der Waals surface area contributed by atoms with Gasteiger partial charge in [-0.3, -0.25) is 29.1 Å². The molecule has 4 fully saturated rings. The van der Waals surface area contributed by atoms with E-state index in [2.05, 4.69) is 4.90 Å². The molecule has 178 valence electrons. The van der Waals surface area contributed by atoms with Crippen molar-refractivity contribution in [3.05, 3.63) is 29.8 Å². The van der Waals surface area contributed by atoms with Crippen LogP contribution >= 0.6 is 0 Å². The molecule has 0 saturated carbocycles. The Balaban J connectivity index is 1.33. The van der Waals surface area contributed by atoms with E-state index in [0.29, 0.717) is 32.1 Å². The molecule has 9 nitrogen and oxygen atoms in total. The molecule has 9 heteroatoms. The number of hydrogen-bond acceptors (Lipinski definition) is 7. The fraction of sp³-hybridized carbons (Fsp3) is 0.625. The second-order valence-corrected chi connectivity index (χ2v) is 9.81. The molecule has 1 N–H and O–H groups in total. The molecule has 4 saturated heterocycles. The van der Waals surface area contributed by atoms with Gasteiger partial charge in [0, 0.05) is 45.7 Å². The molecule has 4 aliphatic rings. The van der Waals surface area contributed by atoms with Crippen molar-refractivity contribution in [3.63, 3.8) is 0 Å². The molecule has 1 spiro atoms. The van der Waals surface area contributed by atoms with Gasteiger partial charge in [-0.2, -0.15) is 0 Å². The minimum absolute atomic E-state index is 0.109. The Kier molecular flexibility index (Phi) is 5.66. The van der Waals surface area contributed by atoms with E-state index in [4.69, 9.17) is 4.74 Å². The lowest BCUT2D eigenvalue weighted by molar-refractivity contribution is -0.184. The molecule has 2 unspecified atom stereocenters. The Bertz CT molecular complexity index is 937. The van der Waals surface area contributed by atoms with E-state index in [1.807, 2.05) is 34.1 Å². The number of rotatable bonds is 4. The Hall–Kier alpha value is -2.49. The van der Waals surface area contributed by atoms with Crippen molar-refractivity contribution in [3.8, 4) is 5.75 Å². The number of imide groups is 1. The second-order valence-electron chi connectivity index (χ2n) is 9.81. The quantitative estimate of drug-likeness (QED) is 0.641. The van der Waals surface area contributed by atoms with Gasteiger partial charge in [-0.05, 0) is 37.0 Å². The van der Waals surface area contributed by atoms with Crippen LogP contribution in [0.4, 0.5) is 0 Å². The maximum Gasteiger partial charge on any atom is 0.252 e. The maximum absolute atomic E-state index is 13.8. The second kappa shape index (κ2) is 8.38. The van der Waals surface area contributed by atoms with E-state index in [1.54, 1.807) is 14.0 Å². The van der Waals surface area contributed by atoms with Gasteiger partial charge >= 0.3 is 0 Å². The monoisotopic (exact) mass is 456 g/mol. The van der Waals surface area contributed by atoms with Gasteiger partial charge in [0.1, 0.15) is 11.3 Å². The molecule has 0 aliphatic carbocycles. The third-order valence-electron chi connectivity index (χ3n) is 7.88. The topological polar surface area (TPSA) is 93.6 Å². The van der Waals surface area contributed by atoms with Crippen LogP contribution in [0.5, 0.6) is 5.75 Å². The average molecular weight is 457 g/mol. The fourth-order valence-electron chi connectivity index (χ4n) is 5.98. The molecule has 1 aromatic carbocycles. The Morgan fingerprint density at radius 2 is 1.82 bits per heavy atom. The van der Waals surface area contributed by atoms with Gasteiger partial charge in [-0.25, -0.2) is 0 Å². The van der Waals surface area contributed by atoms with Gasteiger partial charge in [0.2, 0.25) is 11.8 Å². The molecular formula is C24H32N4O5. The molecular weight excluding hydrogens is 424 g/mol. The number of carbonyl (C=O) groups is 3. The first kappa shape index (κ1) is 22.3. The SMILES string of the molecule is COc1ccc(CN2C(=O)C3CC(O)CN3C3(CN(C4CCN(C(C)=O)CC4)C3)C2=O)cc1. The summed E-state index contributed by atoms with van der Waals surface area (Å²) in [6, 6.07) is 7.27. The van der Waals surface area contributed by atoms with Gasteiger partial charge in [0.25, 0.3) is 5.91 Å². The zero-order chi connectivity index (χ0) is 23.3. The molecule has 0 aromatic heterocycles. The van der Waals surface area contributed by atoms with E-state index in [-0.39, 0.29) is 24.3 Å². The highest BCUT2D eigenvalue weighted by molar-refractivity contribution is 6.06. The maximum atomic E-state index is 13.8. The average Bonchev–Trinajstić information content (AvgIpc) is 3.18. The fourth-order valence-corrected chi connectivity index (χ4v) is 5.98. The lowest BCUT2D eigenvalue weighted by Crippen LogP contribution is -2.82. The summed E-state index contributed by atoms with van der Waals surface area (Å²) in [5.74, 6) is 0.455. The molecule has 5 rings (SSSR count). The van der Waals surface area contributed by atoms with Crippen molar-refractivity contribution in [1.82, 2.24) is 19.6 Å². The predicted molar refractivity (Wildman–Crippen MR) is 119 cm³/mol. The number of piperidine rings is 1. The van der Waals surface area contributed by atoms with E-state index < -0.39 is 17.7 Å². The lowest BCUT2D eigenvalue weighted by atomic mass is 9.80. The summed E-state index contributed by atoms with van der Waals surface area (Å²) in [6.07, 6.45) is 1.55. The van der Waals surface area contributed by atoms with Crippen molar-refractivity contribution in [1.29, 1.82) is 0 Å². The molecule has 0 bridgehead atoms. The number of likely N-dealkylation sites (tertiary alicyclic amines) is 2. The molecule has 0 radical (unpaired) electrons. The highest BCUT2D eigenvalue weighted by atomic mass is 16.5. The minimum atomic E-state index is -0.764. The number of aliphatic hydroxyl groups is 1. The van der Waals surface area contributed by atoms with Gasteiger partial charge in [0.05, 0.1) is 25.8 Å². The van der Waals surface area contributed by atoms with Gasteiger partial charge in [0.15, 0.2) is 0 Å². The number of carbonyl (C=O) groups excluding carboxylic acids is 3. The molecule has 4 heterocycles. The first-order valence-electron chi connectivity index (χ1n) is 11.8. The van der Waals surface area contributed by atoms with Crippen molar-refractivity contribution in [2.24, 2.45) is 0 Å². The molecule has 2 atom stereocenters. The van der Waals surface area contributed by atoms with Crippen LogP contribution in [0, 0.1) is 0 Å². The number of aliphatic hydroxyl groups excluding tert-OH is 1. The van der Waals surface area contributed by atoms with Crippen molar-refractivity contribution >= 4 is 17.7 Å². The van der Waals surface area contributed by atoms with E-state index >= 15 is 0 Å². The van der Waals surface area contributed by atoms with Crippen molar-refractivity contribution in [2.75, 3.05) is 39.8 Å². The summed E-state index contributed by atoms with van der Waals surface area (Å²) in [6.45, 7) is 4.79. The number of hydrogen-bond donors (Lipinski definition) is 1. The Morgan fingerprint density at radius 1 is 1.15 bits per heavy atom. The summed E-state index contributed by atoms with van der Waals surface area (Å²) in [5.41, 5.74) is 0.104. The van der Waals surface area contributed by atoms with Gasteiger partial charge in [-0.15, -0.1) is 0 Å². The van der Waals surface area contributed by atoms with E-state index in [0.717, 1.165) is 37.2 Å². The Morgan fingerprint density at radius 3 is 2.42 bits per heavy atom. The van der Waals surface area contributed by atoms with Crippen LogP contribution in [0.15, 0.2) is 24.3 Å². The van der Waals surface area contributed by atoms with Gasteiger partial charge in [-0.1, -0.05) is 12.1 Å². The molecule has 4 aliphatic heterocycles. The zero-order valence-corrected chi connectivity index (χ0v) is 19.3. The van der Waals surface area contributed by atoms with Crippen LogP contribution in [0.2, 0.25) is 0 Å². The summed E-state index contributed by atoms with van der Waals surface area (Å²) in [7, 11) is 1.60. The van der Waals surface area contributed by atoms with Crippen LogP contribution in [-0.2, 0) is 20.9 Å². The van der Waals surface area contributed by atoms with E-state index in [1.165, 1.54) is 4.90 Å². The number of nitrogens with zero attached hydrogens (tertiary/aromatic N) is 4. The van der Waals surface area contributed by atoms with Crippen molar-refractivity contribution < 1.29 is 24.2 Å². The Labute approximate surface area is 193 Å². The molecule has 3 amide bonds. The summed E-state index contributed by atoms with van der Waals surface area (Å²) < 4.78 is 5.21. The smallest absolute Gasteiger partial charge is 0.252 e. The van der Waals surface area contributed by atoms with E-state index in [9.17, 15) is 19.5 Å². The third-order valence-corrected chi connectivity index (χ3v) is 7.88. The summed E-state index contributed by atoms with van der Waals surface area (Å²) >= 11 is 0. The predicted octanol–water partition coefficient (Wildman–Crippen LogP) is 0.0645. The number of β-amino-alcohol motifs (C(OH)–C–C–N with tert-alkyl or cyclic N) is 1. The lowest BCUT2D eigenvalue weighted by Gasteiger charge is -2.60.